The molecule has 0 aliphatic carbocycles. The van der Waals surface area contributed by atoms with E-state index in [0.717, 1.165) is 6.26 Å². The molecule has 0 fully saturated rings. The van der Waals surface area contributed by atoms with E-state index in [2.05, 4.69) is 10.0 Å². The number of hydrogen-bond donors (Lipinski definition) is 3. The van der Waals surface area contributed by atoms with E-state index in [4.69, 9.17) is 17.3 Å². The second-order valence-corrected chi connectivity index (χ2v) is 6.22. The molecule has 0 radical (unpaired) electrons. The highest BCUT2D eigenvalue weighted by molar-refractivity contribution is 7.88. The predicted molar refractivity (Wildman–Crippen MR) is 75.7 cm³/mol. The van der Waals surface area contributed by atoms with Crippen LogP contribution in [-0.2, 0) is 10.0 Å². The Bertz CT molecular complexity index is 540. The Morgan fingerprint density at radius 3 is 2.63 bits per heavy atom. The van der Waals surface area contributed by atoms with Crippen molar-refractivity contribution in [2.45, 2.75) is 6.42 Å². The summed E-state index contributed by atoms with van der Waals surface area (Å²) in [5.74, 6) is -0.373. The van der Waals surface area contributed by atoms with E-state index in [9.17, 15) is 13.2 Å². The predicted octanol–water partition coefficient (Wildman–Crippen LogP) is 0.591. The van der Waals surface area contributed by atoms with Crippen LogP contribution in [0.5, 0.6) is 0 Å². The zero-order valence-electron chi connectivity index (χ0n) is 10.4. The van der Waals surface area contributed by atoms with E-state index in [-0.39, 0.29) is 23.0 Å². The molecule has 19 heavy (non-hydrogen) atoms. The van der Waals surface area contributed by atoms with Crippen molar-refractivity contribution in [2.24, 2.45) is 0 Å². The van der Waals surface area contributed by atoms with Crippen LogP contribution in [0.4, 0.5) is 5.69 Å². The third kappa shape index (κ3) is 5.46. The topological polar surface area (TPSA) is 101 Å². The fourth-order valence-electron chi connectivity index (χ4n) is 1.42. The van der Waals surface area contributed by atoms with Crippen molar-refractivity contribution >= 4 is 33.2 Å². The lowest BCUT2D eigenvalue weighted by molar-refractivity contribution is 0.0954. The molecule has 0 spiro atoms. The van der Waals surface area contributed by atoms with Gasteiger partial charge in [0.05, 0.1) is 16.8 Å². The van der Waals surface area contributed by atoms with Gasteiger partial charge < -0.3 is 11.1 Å². The molecular formula is C11H16ClN3O3S. The Morgan fingerprint density at radius 1 is 1.37 bits per heavy atom. The minimum atomic E-state index is -3.19. The summed E-state index contributed by atoms with van der Waals surface area (Å²) in [5, 5.41) is 2.91. The number of rotatable bonds is 6. The summed E-state index contributed by atoms with van der Waals surface area (Å²) in [7, 11) is -3.19. The zero-order valence-corrected chi connectivity index (χ0v) is 12.0. The van der Waals surface area contributed by atoms with Gasteiger partial charge in [0.15, 0.2) is 0 Å². The number of nitrogen functional groups attached to an aromatic ring is 1. The largest absolute Gasteiger partial charge is 0.398 e. The molecule has 0 heterocycles. The molecular weight excluding hydrogens is 290 g/mol. The minimum absolute atomic E-state index is 0.236. The van der Waals surface area contributed by atoms with Crippen molar-refractivity contribution in [3.8, 4) is 0 Å². The van der Waals surface area contributed by atoms with Crippen molar-refractivity contribution in [3.05, 3.63) is 28.8 Å². The number of benzene rings is 1. The second kappa shape index (κ2) is 6.74. The fraction of sp³-hybridized carbons (Fsp3) is 0.364. The number of hydrogen-bond acceptors (Lipinski definition) is 4. The Labute approximate surface area is 117 Å². The third-order valence-corrected chi connectivity index (χ3v) is 3.32. The first-order chi connectivity index (χ1) is 8.81. The van der Waals surface area contributed by atoms with E-state index in [1.165, 1.54) is 0 Å². The molecule has 0 aliphatic heterocycles. The fourth-order valence-corrected chi connectivity index (χ4v) is 2.20. The van der Waals surface area contributed by atoms with Crippen LogP contribution in [0.3, 0.4) is 0 Å². The normalized spacial score (nSPS) is 11.3. The van der Waals surface area contributed by atoms with Gasteiger partial charge in [-0.1, -0.05) is 17.7 Å². The van der Waals surface area contributed by atoms with Crippen LogP contribution in [0, 0.1) is 0 Å². The average Bonchev–Trinajstić information content (AvgIpc) is 2.26. The van der Waals surface area contributed by atoms with Gasteiger partial charge in [-0.3, -0.25) is 4.79 Å². The van der Waals surface area contributed by atoms with Crippen LogP contribution in [0.25, 0.3) is 0 Å². The first-order valence-electron chi connectivity index (χ1n) is 5.58. The van der Waals surface area contributed by atoms with Gasteiger partial charge in [0.2, 0.25) is 10.0 Å². The van der Waals surface area contributed by atoms with Gasteiger partial charge in [0.1, 0.15) is 0 Å². The first kappa shape index (κ1) is 15.7. The summed E-state index contributed by atoms with van der Waals surface area (Å²) in [6, 6.07) is 4.83. The van der Waals surface area contributed by atoms with E-state index in [0.29, 0.717) is 18.7 Å². The number of carbonyl (C=O) groups excluding carboxylic acids is 1. The summed E-state index contributed by atoms with van der Waals surface area (Å²) in [6.07, 6.45) is 1.55. The standard InChI is InChI=1S/C11H16ClN3O3S/c1-19(17,18)15-7-3-6-14-11(16)10-8(12)4-2-5-9(10)13/h2,4-5,15H,3,6-7,13H2,1H3,(H,14,16). The quantitative estimate of drug-likeness (QED) is 0.529. The smallest absolute Gasteiger partial charge is 0.254 e. The van der Waals surface area contributed by atoms with Gasteiger partial charge in [-0.2, -0.15) is 0 Å². The van der Waals surface area contributed by atoms with Gasteiger partial charge in [-0.15, -0.1) is 0 Å². The summed E-state index contributed by atoms with van der Waals surface area (Å²) in [5.41, 5.74) is 6.21. The number of amides is 1. The van der Waals surface area contributed by atoms with Gasteiger partial charge >= 0.3 is 0 Å². The van der Waals surface area contributed by atoms with Crippen LogP contribution in [0.2, 0.25) is 5.02 Å². The molecule has 1 rings (SSSR count). The van der Waals surface area contributed by atoms with Crippen molar-refractivity contribution in [1.82, 2.24) is 10.0 Å². The number of nitrogens with two attached hydrogens (primary N) is 1. The van der Waals surface area contributed by atoms with Crippen molar-refractivity contribution < 1.29 is 13.2 Å². The van der Waals surface area contributed by atoms with E-state index in [1.54, 1.807) is 18.2 Å². The molecule has 1 aromatic carbocycles. The van der Waals surface area contributed by atoms with Crippen LogP contribution < -0.4 is 15.8 Å². The monoisotopic (exact) mass is 305 g/mol. The Balaban J connectivity index is 2.44. The molecule has 0 aromatic heterocycles. The summed E-state index contributed by atoms with van der Waals surface area (Å²) in [6.45, 7) is 0.586. The maximum atomic E-state index is 11.8. The molecule has 1 amide bonds. The SMILES string of the molecule is CS(=O)(=O)NCCCNC(=O)c1c(N)cccc1Cl. The average molecular weight is 306 g/mol. The minimum Gasteiger partial charge on any atom is -0.398 e. The van der Waals surface area contributed by atoms with Gasteiger partial charge in [-0.05, 0) is 18.6 Å². The molecule has 4 N–H and O–H groups in total. The Morgan fingerprint density at radius 2 is 2.05 bits per heavy atom. The second-order valence-electron chi connectivity index (χ2n) is 3.98. The summed E-state index contributed by atoms with van der Waals surface area (Å²) >= 11 is 5.89. The summed E-state index contributed by atoms with van der Waals surface area (Å²) < 4.78 is 23.9. The molecule has 106 valence electrons. The molecule has 0 unspecified atom stereocenters. The van der Waals surface area contributed by atoms with Crippen LogP contribution in [-0.4, -0.2) is 33.7 Å². The van der Waals surface area contributed by atoms with Crippen LogP contribution >= 0.6 is 11.6 Å². The Hall–Kier alpha value is -1.31. The van der Waals surface area contributed by atoms with Crippen molar-refractivity contribution in [2.75, 3.05) is 25.1 Å². The number of anilines is 1. The maximum absolute atomic E-state index is 11.8. The lowest BCUT2D eigenvalue weighted by Gasteiger charge is -2.09. The van der Waals surface area contributed by atoms with Crippen LogP contribution in [0.1, 0.15) is 16.8 Å². The molecule has 0 saturated carbocycles. The lowest BCUT2D eigenvalue weighted by Crippen LogP contribution is -2.29. The summed E-state index contributed by atoms with van der Waals surface area (Å²) in [4.78, 5) is 11.8. The highest BCUT2D eigenvalue weighted by atomic mass is 35.5. The van der Waals surface area contributed by atoms with Crippen molar-refractivity contribution in [3.63, 3.8) is 0 Å². The molecule has 1 aromatic rings. The number of sulfonamides is 1. The van der Waals surface area contributed by atoms with Gasteiger partial charge in [-0.25, -0.2) is 13.1 Å². The molecule has 0 atom stereocenters. The highest BCUT2D eigenvalue weighted by Crippen LogP contribution is 2.21. The third-order valence-electron chi connectivity index (χ3n) is 2.28. The van der Waals surface area contributed by atoms with Gasteiger partial charge in [0, 0.05) is 18.8 Å². The maximum Gasteiger partial charge on any atom is 0.254 e. The Kier molecular flexibility index (Phi) is 5.59. The highest BCUT2D eigenvalue weighted by Gasteiger charge is 2.12. The first-order valence-corrected chi connectivity index (χ1v) is 7.85. The zero-order chi connectivity index (χ0) is 14.5. The lowest BCUT2D eigenvalue weighted by atomic mass is 10.1. The number of carbonyl (C=O) groups is 1. The van der Waals surface area contributed by atoms with E-state index in [1.807, 2.05) is 0 Å². The molecule has 6 nitrogen and oxygen atoms in total. The van der Waals surface area contributed by atoms with Gasteiger partial charge in [0.25, 0.3) is 5.91 Å². The van der Waals surface area contributed by atoms with E-state index >= 15 is 0 Å². The van der Waals surface area contributed by atoms with E-state index < -0.39 is 10.0 Å². The molecule has 0 bridgehead atoms. The molecule has 0 aliphatic rings. The van der Waals surface area contributed by atoms with Crippen LogP contribution in [0.15, 0.2) is 18.2 Å². The molecule has 0 saturated heterocycles. The number of halogens is 1. The molecule has 8 heteroatoms. The number of nitrogens with one attached hydrogen (secondary N) is 2. The van der Waals surface area contributed by atoms with Crippen molar-refractivity contribution in [1.29, 1.82) is 0 Å².